The van der Waals surface area contributed by atoms with E-state index in [0.717, 1.165) is 17.0 Å². The number of imidazole rings is 1. The number of carbonyl (C=O) groups excluding carboxylic acids is 1. The Hall–Kier alpha value is -2.82. The van der Waals surface area contributed by atoms with E-state index in [4.69, 9.17) is 9.88 Å². The predicted molar refractivity (Wildman–Crippen MR) is 111 cm³/mol. The molecule has 0 aliphatic carbocycles. The van der Waals surface area contributed by atoms with Crippen LogP contribution in [0.15, 0.2) is 71.0 Å². The molecule has 1 aromatic heterocycles. The molecule has 152 valence electrons. The van der Waals surface area contributed by atoms with Gasteiger partial charge in [-0.25, -0.2) is 18.5 Å². The van der Waals surface area contributed by atoms with E-state index in [1.807, 2.05) is 35.0 Å². The first-order valence-electron chi connectivity index (χ1n) is 8.56. The van der Waals surface area contributed by atoms with E-state index in [-0.39, 0.29) is 23.1 Å². The van der Waals surface area contributed by atoms with E-state index in [9.17, 15) is 13.2 Å². The van der Waals surface area contributed by atoms with Crippen molar-refractivity contribution in [2.24, 2.45) is 5.14 Å². The van der Waals surface area contributed by atoms with Gasteiger partial charge in [0.25, 0.3) is 0 Å². The number of thioether (sulfide) groups is 1. The summed E-state index contributed by atoms with van der Waals surface area (Å²) in [6.07, 6.45) is 3.49. The summed E-state index contributed by atoms with van der Waals surface area (Å²) >= 11 is 1.31. The van der Waals surface area contributed by atoms with Crippen LogP contribution in [0.1, 0.15) is 5.56 Å². The monoisotopic (exact) mass is 432 g/mol. The van der Waals surface area contributed by atoms with Gasteiger partial charge in [0.2, 0.25) is 15.9 Å². The van der Waals surface area contributed by atoms with E-state index >= 15 is 0 Å². The van der Waals surface area contributed by atoms with E-state index in [1.54, 1.807) is 25.4 Å². The molecular weight excluding hydrogens is 412 g/mol. The molecule has 0 unspecified atom stereocenters. The first-order chi connectivity index (χ1) is 13.9. The van der Waals surface area contributed by atoms with Crippen LogP contribution in [0.3, 0.4) is 0 Å². The number of methoxy groups -OCH3 is 1. The Morgan fingerprint density at radius 2 is 2.00 bits per heavy atom. The van der Waals surface area contributed by atoms with Crippen molar-refractivity contribution in [3.05, 3.63) is 66.5 Å². The average molecular weight is 433 g/mol. The molecular formula is C19H20N4O4S2. The van der Waals surface area contributed by atoms with Crippen LogP contribution in [-0.4, -0.2) is 36.7 Å². The summed E-state index contributed by atoms with van der Waals surface area (Å²) in [6, 6.07) is 13.6. The van der Waals surface area contributed by atoms with Gasteiger partial charge in [-0.2, -0.15) is 0 Å². The maximum absolute atomic E-state index is 12.2. The number of nitrogens with two attached hydrogens (primary N) is 1. The van der Waals surface area contributed by atoms with Gasteiger partial charge in [0.05, 0.1) is 23.4 Å². The summed E-state index contributed by atoms with van der Waals surface area (Å²) in [4.78, 5) is 16.5. The predicted octanol–water partition coefficient (Wildman–Crippen LogP) is 1.94. The molecule has 0 spiro atoms. The van der Waals surface area contributed by atoms with E-state index in [1.165, 1.54) is 23.9 Å². The minimum Gasteiger partial charge on any atom is -0.497 e. The SMILES string of the molecule is COc1cccc(-n2ccnc2SCC(=O)NCc2ccc(S(N)(=O)=O)cc2)c1. The highest BCUT2D eigenvalue weighted by molar-refractivity contribution is 7.99. The van der Waals surface area contributed by atoms with E-state index in [0.29, 0.717) is 5.16 Å². The highest BCUT2D eigenvalue weighted by Gasteiger charge is 2.10. The number of sulfonamides is 1. The Balaban J connectivity index is 1.56. The molecule has 8 nitrogen and oxygen atoms in total. The molecule has 1 heterocycles. The van der Waals surface area contributed by atoms with Crippen LogP contribution in [0.25, 0.3) is 5.69 Å². The topological polar surface area (TPSA) is 116 Å². The third-order valence-electron chi connectivity index (χ3n) is 4.01. The largest absolute Gasteiger partial charge is 0.497 e. The van der Waals surface area contributed by atoms with Crippen molar-refractivity contribution in [3.63, 3.8) is 0 Å². The minimum atomic E-state index is -3.72. The van der Waals surface area contributed by atoms with Gasteiger partial charge < -0.3 is 10.1 Å². The third kappa shape index (κ3) is 5.59. The summed E-state index contributed by atoms with van der Waals surface area (Å²) in [5.74, 6) is 0.764. The standard InChI is InChI=1S/C19H20N4O4S2/c1-27-16-4-2-3-15(11-16)23-10-9-21-19(23)28-13-18(24)22-12-14-5-7-17(8-6-14)29(20,25)26/h2-11H,12-13H2,1H3,(H,22,24)(H2,20,25,26). The molecule has 29 heavy (non-hydrogen) atoms. The molecule has 3 N–H and O–H groups in total. The number of amides is 1. The molecule has 2 aromatic carbocycles. The molecule has 3 rings (SSSR count). The molecule has 10 heteroatoms. The maximum atomic E-state index is 12.2. The van der Waals surface area contributed by atoms with Crippen LogP contribution in [0.5, 0.6) is 5.75 Å². The van der Waals surface area contributed by atoms with Crippen molar-refractivity contribution in [3.8, 4) is 11.4 Å². The summed E-state index contributed by atoms with van der Waals surface area (Å²) in [5.41, 5.74) is 1.66. The number of benzene rings is 2. The van der Waals surface area contributed by atoms with Crippen LogP contribution >= 0.6 is 11.8 Å². The van der Waals surface area contributed by atoms with Crippen LogP contribution in [0.2, 0.25) is 0 Å². The Kier molecular flexibility index (Phi) is 6.57. The Morgan fingerprint density at radius 1 is 1.24 bits per heavy atom. The molecule has 0 saturated heterocycles. The van der Waals surface area contributed by atoms with Crippen LogP contribution in [-0.2, 0) is 21.4 Å². The van der Waals surface area contributed by atoms with Crippen LogP contribution in [0, 0.1) is 0 Å². The molecule has 1 amide bonds. The summed E-state index contributed by atoms with van der Waals surface area (Å²) < 4.78 is 29.7. The van der Waals surface area contributed by atoms with Crippen molar-refractivity contribution in [2.45, 2.75) is 16.6 Å². The second kappa shape index (κ2) is 9.12. The summed E-state index contributed by atoms with van der Waals surface area (Å²) in [5, 5.41) is 8.56. The zero-order valence-electron chi connectivity index (χ0n) is 15.6. The van der Waals surface area contributed by atoms with Crippen molar-refractivity contribution >= 4 is 27.7 Å². The summed E-state index contributed by atoms with van der Waals surface area (Å²) in [6.45, 7) is 0.286. The molecule has 3 aromatic rings. The molecule has 0 fully saturated rings. The molecule has 0 radical (unpaired) electrons. The number of hydrogen-bond acceptors (Lipinski definition) is 6. The van der Waals surface area contributed by atoms with Gasteiger partial charge in [0.15, 0.2) is 5.16 Å². The smallest absolute Gasteiger partial charge is 0.238 e. The number of nitrogens with zero attached hydrogens (tertiary/aromatic N) is 2. The molecule has 0 bridgehead atoms. The Morgan fingerprint density at radius 3 is 2.69 bits per heavy atom. The van der Waals surface area contributed by atoms with Gasteiger partial charge in [0, 0.05) is 25.0 Å². The molecule has 0 atom stereocenters. The number of primary sulfonamides is 1. The lowest BCUT2D eigenvalue weighted by atomic mass is 10.2. The van der Waals surface area contributed by atoms with Crippen LogP contribution in [0.4, 0.5) is 0 Å². The van der Waals surface area contributed by atoms with Crippen LogP contribution < -0.4 is 15.2 Å². The first-order valence-corrected chi connectivity index (χ1v) is 11.1. The highest BCUT2D eigenvalue weighted by atomic mass is 32.2. The molecule has 0 aliphatic rings. The molecule has 0 aliphatic heterocycles. The van der Waals surface area contributed by atoms with Crippen molar-refractivity contribution in [2.75, 3.05) is 12.9 Å². The van der Waals surface area contributed by atoms with Gasteiger partial charge >= 0.3 is 0 Å². The minimum absolute atomic E-state index is 0.0347. The van der Waals surface area contributed by atoms with E-state index in [2.05, 4.69) is 10.3 Å². The lowest BCUT2D eigenvalue weighted by Crippen LogP contribution is -2.24. The van der Waals surface area contributed by atoms with Crippen molar-refractivity contribution in [1.29, 1.82) is 0 Å². The fourth-order valence-corrected chi connectivity index (χ4v) is 3.85. The second-order valence-electron chi connectivity index (χ2n) is 6.04. The number of carbonyl (C=O) groups is 1. The fourth-order valence-electron chi connectivity index (χ4n) is 2.53. The van der Waals surface area contributed by atoms with Gasteiger partial charge in [-0.05, 0) is 29.8 Å². The number of rotatable bonds is 8. The zero-order chi connectivity index (χ0) is 20.9. The van der Waals surface area contributed by atoms with Gasteiger partial charge in [-0.3, -0.25) is 9.36 Å². The fraction of sp³-hybridized carbons (Fsp3) is 0.158. The lowest BCUT2D eigenvalue weighted by Gasteiger charge is -2.09. The number of hydrogen-bond donors (Lipinski definition) is 2. The highest BCUT2D eigenvalue weighted by Crippen LogP contribution is 2.23. The first kappa shape index (κ1) is 20.9. The second-order valence-corrected chi connectivity index (χ2v) is 8.54. The Bertz CT molecular complexity index is 1100. The number of nitrogens with one attached hydrogen (secondary N) is 1. The third-order valence-corrected chi connectivity index (χ3v) is 5.91. The summed E-state index contributed by atoms with van der Waals surface area (Å²) in [7, 11) is -2.12. The van der Waals surface area contributed by atoms with Crippen molar-refractivity contribution < 1.29 is 17.9 Å². The normalized spacial score (nSPS) is 11.2. The average Bonchev–Trinajstić information content (AvgIpc) is 3.19. The van der Waals surface area contributed by atoms with Crippen molar-refractivity contribution in [1.82, 2.24) is 14.9 Å². The quantitative estimate of drug-likeness (QED) is 0.526. The molecule has 0 saturated carbocycles. The lowest BCUT2D eigenvalue weighted by molar-refractivity contribution is -0.118. The van der Waals surface area contributed by atoms with Gasteiger partial charge in [0.1, 0.15) is 5.75 Å². The van der Waals surface area contributed by atoms with Gasteiger partial charge in [-0.15, -0.1) is 0 Å². The Labute approximate surface area is 173 Å². The number of ether oxygens (including phenoxy) is 1. The van der Waals surface area contributed by atoms with E-state index < -0.39 is 10.0 Å². The van der Waals surface area contributed by atoms with Gasteiger partial charge in [-0.1, -0.05) is 30.0 Å². The number of aromatic nitrogens is 2. The zero-order valence-corrected chi connectivity index (χ0v) is 17.2. The maximum Gasteiger partial charge on any atom is 0.238 e.